The molecule has 0 aromatic heterocycles. The van der Waals surface area contributed by atoms with Crippen LogP contribution in [-0.4, -0.2) is 13.0 Å². The lowest BCUT2D eigenvalue weighted by Crippen LogP contribution is -2.27. The van der Waals surface area contributed by atoms with Crippen molar-refractivity contribution in [3.63, 3.8) is 0 Å². The molecule has 2 nitrogen and oxygen atoms in total. The van der Waals surface area contributed by atoms with Gasteiger partial charge in [-0.05, 0) is 48.2 Å². The fraction of sp³-hybridized carbons (Fsp3) is 0.136. The summed E-state index contributed by atoms with van der Waals surface area (Å²) in [7, 11) is 1.83. The normalized spacial score (nSPS) is 10.4. The van der Waals surface area contributed by atoms with Gasteiger partial charge >= 0.3 is 0 Å². The Bertz CT molecular complexity index is 839. The summed E-state index contributed by atoms with van der Waals surface area (Å²) >= 11 is 0. The number of nitrogens with zero attached hydrogens (tertiary/aromatic N) is 1. The number of carbonyl (C=O) groups excluding carboxylic acids is 1. The topological polar surface area (TPSA) is 20.3 Å². The molecule has 0 bridgehead atoms. The first-order valence-corrected chi connectivity index (χ1v) is 8.12. The number of rotatable bonds is 4. The van der Waals surface area contributed by atoms with Crippen LogP contribution in [0.15, 0.2) is 78.9 Å². The summed E-state index contributed by atoms with van der Waals surface area (Å²) in [5, 5.41) is 0. The van der Waals surface area contributed by atoms with Gasteiger partial charge in [-0.2, -0.15) is 0 Å². The molecule has 0 spiro atoms. The van der Waals surface area contributed by atoms with Gasteiger partial charge in [-0.15, -0.1) is 0 Å². The number of carbonyl (C=O) groups is 1. The van der Waals surface area contributed by atoms with E-state index in [0.717, 1.165) is 28.8 Å². The monoisotopic (exact) mass is 315 g/mol. The summed E-state index contributed by atoms with van der Waals surface area (Å²) in [6, 6.07) is 26.1. The molecule has 2 heteroatoms. The van der Waals surface area contributed by atoms with Crippen LogP contribution in [0.25, 0.3) is 0 Å². The number of hydrogen-bond acceptors (Lipinski definition) is 1. The van der Waals surface area contributed by atoms with E-state index in [1.807, 2.05) is 80.7 Å². The quantitative estimate of drug-likeness (QED) is 0.673. The lowest BCUT2D eigenvalue weighted by atomic mass is 9.99. The summed E-state index contributed by atoms with van der Waals surface area (Å²) in [5.41, 5.74) is 5.06. The molecule has 3 aromatic rings. The number of benzene rings is 3. The van der Waals surface area contributed by atoms with E-state index in [4.69, 9.17) is 0 Å². The summed E-state index contributed by atoms with van der Waals surface area (Å²) in [6.45, 7) is 2.03. The Labute approximate surface area is 143 Å². The number of anilines is 1. The molecule has 3 rings (SSSR count). The molecule has 0 radical (unpaired) electrons. The van der Waals surface area contributed by atoms with Crippen LogP contribution < -0.4 is 4.90 Å². The van der Waals surface area contributed by atoms with Crippen molar-refractivity contribution in [2.24, 2.45) is 0 Å². The second kappa shape index (κ2) is 7.14. The first-order chi connectivity index (χ1) is 11.6. The van der Waals surface area contributed by atoms with Crippen molar-refractivity contribution < 1.29 is 4.79 Å². The van der Waals surface area contributed by atoms with Crippen molar-refractivity contribution in [3.05, 3.63) is 101 Å². The third-order valence-electron chi connectivity index (χ3n) is 4.18. The largest absolute Gasteiger partial charge is 0.311 e. The molecule has 0 unspecified atom stereocenters. The Morgan fingerprint density at radius 3 is 2.33 bits per heavy atom. The molecule has 0 aliphatic heterocycles. The second-order valence-corrected chi connectivity index (χ2v) is 6.02. The maximum Gasteiger partial charge on any atom is 0.258 e. The molecular weight excluding hydrogens is 294 g/mol. The summed E-state index contributed by atoms with van der Waals surface area (Å²) in [6.07, 6.45) is 0.754. The zero-order valence-electron chi connectivity index (χ0n) is 14.1. The number of aryl methyl sites for hydroxylation is 1. The maximum atomic E-state index is 13.0. The highest BCUT2D eigenvalue weighted by Crippen LogP contribution is 2.20. The minimum atomic E-state index is 0.0205. The smallest absolute Gasteiger partial charge is 0.258 e. The Morgan fingerprint density at radius 1 is 0.875 bits per heavy atom. The summed E-state index contributed by atoms with van der Waals surface area (Å²) in [5.74, 6) is 0.0205. The molecule has 0 aliphatic carbocycles. The SMILES string of the molecule is Cc1cccc(N(C)C(=O)c2ccccc2Cc2ccccc2)c1. The van der Waals surface area contributed by atoms with Crippen LogP contribution in [0, 0.1) is 6.92 Å². The van der Waals surface area contributed by atoms with E-state index in [1.54, 1.807) is 4.90 Å². The van der Waals surface area contributed by atoms with Crippen LogP contribution in [0.1, 0.15) is 27.0 Å². The molecule has 3 aromatic carbocycles. The van der Waals surface area contributed by atoms with E-state index in [1.165, 1.54) is 5.56 Å². The third-order valence-corrected chi connectivity index (χ3v) is 4.18. The summed E-state index contributed by atoms with van der Waals surface area (Å²) < 4.78 is 0. The molecule has 0 N–H and O–H groups in total. The van der Waals surface area contributed by atoms with E-state index in [9.17, 15) is 4.79 Å². The van der Waals surface area contributed by atoms with Crippen LogP contribution in [0.4, 0.5) is 5.69 Å². The lowest BCUT2D eigenvalue weighted by Gasteiger charge is -2.20. The lowest BCUT2D eigenvalue weighted by molar-refractivity contribution is 0.0992. The van der Waals surface area contributed by atoms with Crippen molar-refractivity contribution in [1.82, 2.24) is 0 Å². The Balaban J connectivity index is 1.90. The van der Waals surface area contributed by atoms with E-state index in [2.05, 4.69) is 12.1 Å². The molecule has 0 aliphatic rings. The average Bonchev–Trinajstić information content (AvgIpc) is 2.62. The van der Waals surface area contributed by atoms with Gasteiger partial charge in [0.1, 0.15) is 0 Å². The molecule has 0 saturated carbocycles. The highest BCUT2D eigenvalue weighted by atomic mass is 16.2. The molecule has 24 heavy (non-hydrogen) atoms. The van der Waals surface area contributed by atoms with Crippen molar-refractivity contribution >= 4 is 11.6 Å². The molecule has 120 valence electrons. The molecular formula is C22H21NO. The van der Waals surface area contributed by atoms with Gasteiger partial charge in [0, 0.05) is 18.3 Å². The van der Waals surface area contributed by atoms with Gasteiger partial charge in [0.2, 0.25) is 0 Å². The van der Waals surface area contributed by atoms with Gasteiger partial charge in [-0.3, -0.25) is 4.79 Å². The van der Waals surface area contributed by atoms with Crippen LogP contribution in [0.3, 0.4) is 0 Å². The van der Waals surface area contributed by atoms with Crippen LogP contribution >= 0.6 is 0 Å². The van der Waals surface area contributed by atoms with Gasteiger partial charge in [0.25, 0.3) is 5.91 Å². The molecule has 0 fully saturated rings. The van der Waals surface area contributed by atoms with Gasteiger partial charge in [-0.1, -0.05) is 60.7 Å². The van der Waals surface area contributed by atoms with E-state index in [-0.39, 0.29) is 5.91 Å². The molecule has 1 amide bonds. The third kappa shape index (κ3) is 3.54. The minimum absolute atomic E-state index is 0.0205. The van der Waals surface area contributed by atoms with Gasteiger partial charge in [-0.25, -0.2) is 0 Å². The Hall–Kier alpha value is -2.87. The van der Waals surface area contributed by atoms with E-state index in [0.29, 0.717) is 0 Å². The van der Waals surface area contributed by atoms with Crippen LogP contribution in [-0.2, 0) is 6.42 Å². The predicted molar refractivity (Wildman–Crippen MR) is 99.6 cm³/mol. The first kappa shape index (κ1) is 16.0. The van der Waals surface area contributed by atoms with Crippen molar-refractivity contribution in [2.45, 2.75) is 13.3 Å². The van der Waals surface area contributed by atoms with Crippen molar-refractivity contribution in [2.75, 3.05) is 11.9 Å². The molecule has 0 heterocycles. The van der Waals surface area contributed by atoms with Crippen molar-refractivity contribution in [3.8, 4) is 0 Å². The zero-order valence-corrected chi connectivity index (χ0v) is 14.1. The number of amides is 1. The molecule has 0 saturated heterocycles. The number of hydrogen-bond donors (Lipinski definition) is 0. The standard InChI is InChI=1S/C22H21NO/c1-17-9-8-13-20(15-17)23(2)22(24)21-14-7-6-12-19(21)16-18-10-4-3-5-11-18/h3-15H,16H2,1-2H3. The van der Waals surface area contributed by atoms with Gasteiger partial charge in [0.15, 0.2) is 0 Å². The Morgan fingerprint density at radius 2 is 1.58 bits per heavy atom. The van der Waals surface area contributed by atoms with E-state index >= 15 is 0 Å². The fourth-order valence-electron chi connectivity index (χ4n) is 2.83. The minimum Gasteiger partial charge on any atom is -0.311 e. The van der Waals surface area contributed by atoms with Gasteiger partial charge in [0.05, 0.1) is 0 Å². The second-order valence-electron chi connectivity index (χ2n) is 6.02. The van der Waals surface area contributed by atoms with Crippen LogP contribution in [0.5, 0.6) is 0 Å². The molecule has 0 atom stereocenters. The fourth-order valence-corrected chi connectivity index (χ4v) is 2.83. The highest BCUT2D eigenvalue weighted by Gasteiger charge is 2.17. The van der Waals surface area contributed by atoms with Crippen LogP contribution in [0.2, 0.25) is 0 Å². The Kier molecular flexibility index (Phi) is 4.76. The highest BCUT2D eigenvalue weighted by molar-refractivity contribution is 6.06. The summed E-state index contributed by atoms with van der Waals surface area (Å²) in [4.78, 5) is 14.7. The van der Waals surface area contributed by atoms with Gasteiger partial charge < -0.3 is 4.90 Å². The van der Waals surface area contributed by atoms with Crippen molar-refractivity contribution in [1.29, 1.82) is 0 Å². The first-order valence-electron chi connectivity index (χ1n) is 8.12. The van der Waals surface area contributed by atoms with E-state index < -0.39 is 0 Å². The zero-order chi connectivity index (χ0) is 16.9. The maximum absolute atomic E-state index is 13.0. The average molecular weight is 315 g/mol. The predicted octanol–water partition coefficient (Wildman–Crippen LogP) is 4.86.